The van der Waals surface area contributed by atoms with Crippen molar-refractivity contribution in [2.24, 2.45) is 5.92 Å². The molecule has 1 heterocycles. The van der Waals surface area contributed by atoms with Gasteiger partial charge in [-0.25, -0.2) is 4.79 Å². The number of hydrogen-bond acceptors (Lipinski definition) is 7. The van der Waals surface area contributed by atoms with Gasteiger partial charge in [0.25, 0.3) is 5.91 Å². The first-order chi connectivity index (χ1) is 14.0. The van der Waals surface area contributed by atoms with Gasteiger partial charge in [0, 0.05) is 28.1 Å². The van der Waals surface area contributed by atoms with Crippen LogP contribution >= 0.6 is 11.3 Å². The number of methoxy groups -OCH3 is 3. The summed E-state index contributed by atoms with van der Waals surface area (Å²) < 4.78 is 21.0. The first-order valence-corrected chi connectivity index (χ1v) is 10.2. The van der Waals surface area contributed by atoms with E-state index in [1.807, 2.05) is 5.38 Å². The number of thiophene rings is 1. The topological polar surface area (TPSA) is 83.1 Å². The van der Waals surface area contributed by atoms with E-state index >= 15 is 0 Å². The number of benzene rings is 1. The summed E-state index contributed by atoms with van der Waals surface area (Å²) in [6, 6.07) is 3.22. The van der Waals surface area contributed by atoms with E-state index in [0.717, 1.165) is 24.8 Å². The first-order valence-electron chi connectivity index (χ1n) is 9.33. The van der Waals surface area contributed by atoms with E-state index in [-0.39, 0.29) is 6.61 Å². The van der Waals surface area contributed by atoms with Gasteiger partial charge in [-0.05, 0) is 30.7 Å². The Labute approximate surface area is 173 Å². The number of nitrogens with one attached hydrogen (secondary N) is 1. The highest BCUT2D eigenvalue weighted by Gasteiger charge is 2.24. The lowest BCUT2D eigenvalue weighted by molar-refractivity contribution is -0.119. The van der Waals surface area contributed by atoms with E-state index in [9.17, 15) is 9.59 Å². The van der Waals surface area contributed by atoms with E-state index in [4.69, 9.17) is 18.9 Å². The Morgan fingerprint density at radius 2 is 1.83 bits per heavy atom. The Hall–Kier alpha value is -2.74. The molecule has 0 radical (unpaired) electrons. The monoisotopic (exact) mass is 419 g/mol. The molecule has 1 N–H and O–H groups in total. The molecule has 0 bridgehead atoms. The zero-order valence-electron chi connectivity index (χ0n) is 17.0. The van der Waals surface area contributed by atoms with Crippen molar-refractivity contribution in [1.82, 2.24) is 0 Å². The van der Waals surface area contributed by atoms with Crippen LogP contribution in [0.2, 0.25) is 0 Å². The number of amides is 1. The normalized spacial score (nSPS) is 15.2. The van der Waals surface area contributed by atoms with Gasteiger partial charge in [0.1, 0.15) is 0 Å². The lowest BCUT2D eigenvalue weighted by Gasteiger charge is -2.18. The van der Waals surface area contributed by atoms with Crippen LogP contribution in [0.25, 0.3) is 0 Å². The Morgan fingerprint density at radius 1 is 1.14 bits per heavy atom. The fourth-order valence-corrected chi connectivity index (χ4v) is 4.64. The average molecular weight is 419 g/mol. The van der Waals surface area contributed by atoms with Crippen LogP contribution in [-0.2, 0) is 22.4 Å². The fourth-order valence-electron chi connectivity index (χ4n) is 3.41. The minimum Gasteiger partial charge on any atom is -0.493 e. The highest BCUT2D eigenvalue weighted by molar-refractivity contribution is 7.10. The number of ether oxygens (including phenoxy) is 4. The molecule has 0 saturated carbocycles. The molecule has 0 spiro atoms. The molecule has 7 nitrogen and oxygen atoms in total. The minimum absolute atomic E-state index is 0.378. The molecule has 8 heteroatoms. The second kappa shape index (κ2) is 9.17. The van der Waals surface area contributed by atoms with Gasteiger partial charge in [0.2, 0.25) is 5.75 Å². The Morgan fingerprint density at radius 3 is 2.45 bits per heavy atom. The molecule has 156 valence electrons. The van der Waals surface area contributed by atoms with Crippen molar-refractivity contribution < 1.29 is 28.5 Å². The molecule has 0 unspecified atom stereocenters. The van der Waals surface area contributed by atoms with Crippen molar-refractivity contribution in [1.29, 1.82) is 0 Å². The molecule has 1 aliphatic rings. The second-order valence-electron chi connectivity index (χ2n) is 6.94. The van der Waals surface area contributed by atoms with Crippen LogP contribution in [0, 0.1) is 5.92 Å². The molecule has 0 aliphatic heterocycles. The Balaban J connectivity index is 1.63. The van der Waals surface area contributed by atoms with Crippen LogP contribution in [0.1, 0.15) is 34.1 Å². The molecule has 1 aromatic heterocycles. The molecule has 29 heavy (non-hydrogen) atoms. The predicted molar refractivity (Wildman–Crippen MR) is 111 cm³/mol. The summed E-state index contributed by atoms with van der Waals surface area (Å²) in [4.78, 5) is 26.0. The summed E-state index contributed by atoms with van der Waals surface area (Å²) in [5.74, 6) is 0.976. The molecule has 0 fully saturated rings. The van der Waals surface area contributed by atoms with Crippen LogP contribution in [0.5, 0.6) is 17.2 Å². The summed E-state index contributed by atoms with van der Waals surface area (Å²) in [5.41, 5.74) is 2.10. The van der Waals surface area contributed by atoms with Crippen molar-refractivity contribution in [3.63, 3.8) is 0 Å². The number of anilines is 1. The molecule has 0 saturated heterocycles. The zero-order chi connectivity index (χ0) is 21.0. The largest absolute Gasteiger partial charge is 0.493 e. The Kier molecular flexibility index (Phi) is 6.64. The predicted octanol–water partition coefficient (Wildman–Crippen LogP) is 3.69. The van der Waals surface area contributed by atoms with Crippen LogP contribution in [-0.4, -0.2) is 39.8 Å². The fraction of sp³-hybridized carbons (Fsp3) is 0.429. The second-order valence-corrected chi connectivity index (χ2v) is 7.90. The smallest absolute Gasteiger partial charge is 0.339 e. The number of carbonyl (C=O) groups is 2. The number of carbonyl (C=O) groups excluding carboxylic acids is 2. The lowest BCUT2D eigenvalue weighted by atomic mass is 9.88. The first kappa shape index (κ1) is 21.0. The molecule has 2 aromatic rings. The van der Waals surface area contributed by atoms with E-state index in [1.54, 1.807) is 23.5 Å². The van der Waals surface area contributed by atoms with Crippen LogP contribution in [0.15, 0.2) is 17.5 Å². The molecule has 1 amide bonds. The minimum atomic E-state index is -0.461. The van der Waals surface area contributed by atoms with Gasteiger partial charge in [-0.2, -0.15) is 0 Å². The summed E-state index contributed by atoms with van der Waals surface area (Å²) in [6.07, 6.45) is 2.93. The van der Waals surface area contributed by atoms with E-state index in [2.05, 4.69) is 12.2 Å². The maximum atomic E-state index is 12.4. The molecule has 1 aromatic carbocycles. The van der Waals surface area contributed by atoms with Gasteiger partial charge in [0.15, 0.2) is 18.1 Å². The maximum absolute atomic E-state index is 12.4. The van der Waals surface area contributed by atoms with Crippen molar-refractivity contribution in [2.45, 2.75) is 26.2 Å². The number of hydrogen-bond donors (Lipinski definition) is 1. The van der Waals surface area contributed by atoms with Crippen molar-refractivity contribution in [3.8, 4) is 17.2 Å². The van der Waals surface area contributed by atoms with Crippen molar-refractivity contribution in [3.05, 3.63) is 33.5 Å². The average Bonchev–Trinajstić information content (AvgIpc) is 3.14. The molecular formula is C21H25NO6S. The Bertz CT molecular complexity index is 882. The third-order valence-electron chi connectivity index (χ3n) is 4.90. The third-order valence-corrected chi connectivity index (χ3v) is 5.96. The molecule has 1 atom stereocenters. The summed E-state index contributed by atoms with van der Waals surface area (Å²) in [7, 11) is 4.49. The lowest BCUT2D eigenvalue weighted by Crippen LogP contribution is -2.21. The quantitative estimate of drug-likeness (QED) is 0.689. The van der Waals surface area contributed by atoms with Gasteiger partial charge in [0.05, 0.1) is 26.9 Å². The number of rotatable bonds is 7. The third kappa shape index (κ3) is 4.64. The summed E-state index contributed by atoms with van der Waals surface area (Å²) >= 11 is 1.59. The van der Waals surface area contributed by atoms with Crippen LogP contribution < -0.4 is 19.5 Å². The molecular weight excluding hydrogens is 394 g/mol. The summed E-state index contributed by atoms with van der Waals surface area (Å²) in [6.45, 7) is 1.84. The standard InChI is InChI=1S/C21H25NO6S/c1-12-5-6-14-15(11-29-18(14)7-12)21(24)28-10-19(23)22-13-8-16(25-2)20(27-4)17(9-13)26-3/h8-9,11-12H,5-7,10H2,1-4H3,(H,22,23)/t12-/m0/s1. The van der Waals surface area contributed by atoms with E-state index < -0.39 is 11.9 Å². The van der Waals surface area contributed by atoms with Gasteiger partial charge in [-0.1, -0.05) is 6.92 Å². The SMILES string of the molecule is COc1cc(NC(=O)COC(=O)c2csc3c2CC[C@H](C)C3)cc(OC)c1OC. The van der Waals surface area contributed by atoms with E-state index in [1.165, 1.54) is 26.2 Å². The van der Waals surface area contributed by atoms with Gasteiger partial charge in [-0.3, -0.25) is 4.79 Å². The van der Waals surface area contributed by atoms with Crippen molar-refractivity contribution >= 4 is 28.9 Å². The van der Waals surface area contributed by atoms with Crippen LogP contribution in [0.3, 0.4) is 0 Å². The van der Waals surface area contributed by atoms with Gasteiger partial charge >= 0.3 is 5.97 Å². The van der Waals surface area contributed by atoms with Crippen molar-refractivity contribution in [2.75, 3.05) is 33.3 Å². The zero-order valence-corrected chi connectivity index (χ0v) is 17.8. The number of fused-ring (bicyclic) bond motifs is 1. The highest BCUT2D eigenvalue weighted by Crippen LogP contribution is 2.40. The summed E-state index contributed by atoms with van der Waals surface area (Å²) in [5, 5.41) is 4.52. The molecule has 1 aliphatic carbocycles. The number of esters is 1. The van der Waals surface area contributed by atoms with Gasteiger partial charge in [-0.15, -0.1) is 11.3 Å². The van der Waals surface area contributed by atoms with Gasteiger partial charge < -0.3 is 24.3 Å². The van der Waals surface area contributed by atoms with E-state index in [0.29, 0.717) is 34.4 Å². The van der Waals surface area contributed by atoms with Crippen LogP contribution in [0.4, 0.5) is 5.69 Å². The molecule has 3 rings (SSSR count). The maximum Gasteiger partial charge on any atom is 0.339 e. The highest BCUT2D eigenvalue weighted by atomic mass is 32.1.